The third-order valence-corrected chi connectivity index (χ3v) is 5.21. The SMILES string of the molecule is COc1ccc(N(C)[C@@H]2C=CC(=O)[C@H]2C2C(=O)N(C)C(=O)N(C)C2=O)cc1. The Hall–Kier alpha value is -3.16. The number of allylic oxidation sites excluding steroid dienone is 1. The van der Waals surface area contributed by atoms with Crippen LogP contribution in [0.4, 0.5) is 10.5 Å². The number of urea groups is 1. The van der Waals surface area contributed by atoms with Crippen LogP contribution in [0.25, 0.3) is 0 Å². The van der Waals surface area contributed by atoms with Crippen LogP contribution in [0.5, 0.6) is 5.75 Å². The number of anilines is 1. The first-order valence-corrected chi connectivity index (χ1v) is 8.46. The number of ketones is 1. The van der Waals surface area contributed by atoms with Gasteiger partial charge >= 0.3 is 6.03 Å². The van der Waals surface area contributed by atoms with Gasteiger partial charge in [0.1, 0.15) is 11.7 Å². The molecule has 3 rings (SSSR count). The van der Waals surface area contributed by atoms with Gasteiger partial charge in [0.2, 0.25) is 11.8 Å². The number of carbonyl (C=O) groups is 4. The summed E-state index contributed by atoms with van der Waals surface area (Å²) in [5, 5.41) is 0. The maximum Gasteiger partial charge on any atom is 0.332 e. The lowest BCUT2D eigenvalue weighted by atomic mass is 9.82. The minimum absolute atomic E-state index is 0.303. The fourth-order valence-electron chi connectivity index (χ4n) is 3.56. The highest BCUT2D eigenvalue weighted by Gasteiger charge is 2.52. The smallest absolute Gasteiger partial charge is 0.332 e. The second-order valence-corrected chi connectivity index (χ2v) is 6.64. The average Bonchev–Trinajstić information content (AvgIpc) is 3.06. The van der Waals surface area contributed by atoms with Crippen LogP contribution in [0.15, 0.2) is 36.4 Å². The fraction of sp³-hybridized carbons (Fsp3) is 0.368. The van der Waals surface area contributed by atoms with Crippen molar-refractivity contribution in [1.82, 2.24) is 9.80 Å². The minimum atomic E-state index is -1.23. The molecule has 4 amide bonds. The van der Waals surface area contributed by atoms with E-state index in [1.54, 1.807) is 32.4 Å². The molecule has 2 aliphatic rings. The van der Waals surface area contributed by atoms with Gasteiger partial charge in [0.25, 0.3) is 0 Å². The predicted molar refractivity (Wildman–Crippen MR) is 97.2 cm³/mol. The Kier molecular flexibility index (Phi) is 4.73. The van der Waals surface area contributed by atoms with Gasteiger partial charge in [0.15, 0.2) is 5.78 Å². The number of imide groups is 2. The summed E-state index contributed by atoms with van der Waals surface area (Å²) in [5.41, 5.74) is 0.804. The van der Waals surface area contributed by atoms with Crippen LogP contribution in [0.2, 0.25) is 0 Å². The lowest BCUT2D eigenvalue weighted by molar-refractivity contribution is -0.152. The van der Waals surface area contributed by atoms with Crippen molar-refractivity contribution in [3.05, 3.63) is 36.4 Å². The highest BCUT2D eigenvalue weighted by atomic mass is 16.5. The van der Waals surface area contributed by atoms with Gasteiger partial charge < -0.3 is 9.64 Å². The summed E-state index contributed by atoms with van der Waals surface area (Å²) in [6, 6.07) is 6.06. The van der Waals surface area contributed by atoms with Crippen LogP contribution < -0.4 is 9.64 Å². The zero-order valence-electron chi connectivity index (χ0n) is 15.6. The predicted octanol–water partition coefficient (Wildman–Crippen LogP) is 0.922. The molecular formula is C19H21N3O5. The number of methoxy groups -OCH3 is 1. The number of benzene rings is 1. The summed E-state index contributed by atoms with van der Waals surface area (Å²) in [6.45, 7) is 0. The largest absolute Gasteiger partial charge is 0.497 e. The first-order chi connectivity index (χ1) is 12.8. The topological polar surface area (TPSA) is 87.2 Å². The number of carbonyl (C=O) groups excluding carboxylic acids is 4. The summed E-state index contributed by atoms with van der Waals surface area (Å²) in [6.07, 6.45) is 3.08. The minimum Gasteiger partial charge on any atom is -0.497 e. The molecule has 142 valence electrons. The van der Waals surface area contributed by atoms with Crippen molar-refractivity contribution in [1.29, 1.82) is 0 Å². The molecule has 0 saturated carbocycles. The molecule has 0 radical (unpaired) electrons. The zero-order chi connectivity index (χ0) is 19.9. The standard InChI is InChI=1S/C19H21N3O5/c1-20(11-5-7-12(27-4)8-6-11)13-9-10-14(23)15(13)16-17(24)21(2)19(26)22(3)18(16)25/h5-10,13,15-16H,1-4H3/t13-,15+/m1/s1. The molecule has 1 heterocycles. The van der Waals surface area contributed by atoms with E-state index >= 15 is 0 Å². The molecule has 1 saturated heterocycles. The lowest BCUT2D eigenvalue weighted by Crippen LogP contribution is -2.61. The monoisotopic (exact) mass is 371 g/mol. The first-order valence-electron chi connectivity index (χ1n) is 8.46. The van der Waals surface area contributed by atoms with E-state index in [2.05, 4.69) is 0 Å². The van der Waals surface area contributed by atoms with Crippen molar-refractivity contribution >= 4 is 29.3 Å². The van der Waals surface area contributed by atoms with E-state index in [0.29, 0.717) is 5.75 Å². The number of amides is 4. The molecule has 0 N–H and O–H groups in total. The zero-order valence-corrected chi connectivity index (χ0v) is 15.6. The third-order valence-electron chi connectivity index (χ3n) is 5.21. The van der Waals surface area contributed by atoms with E-state index in [4.69, 9.17) is 4.74 Å². The number of barbiturate groups is 1. The maximum atomic E-state index is 12.7. The lowest BCUT2D eigenvalue weighted by Gasteiger charge is -2.38. The Bertz CT molecular complexity index is 808. The average molecular weight is 371 g/mol. The van der Waals surface area contributed by atoms with Gasteiger partial charge in [-0.05, 0) is 30.3 Å². The summed E-state index contributed by atoms with van der Waals surface area (Å²) in [7, 11) is 5.99. The van der Waals surface area contributed by atoms with Gasteiger partial charge in [-0.3, -0.25) is 24.2 Å². The van der Waals surface area contributed by atoms with Gasteiger partial charge in [0, 0.05) is 26.8 Å². The highest BCUT2D eigenvalue weighted by Crippen LogP contribution is 2.34. The molecule has 1 aromatic carbocycles. The Morgan fingerprint density at radius 1 is 0.963 bits per heavy atom. The van der Waals surface area contributed by atoms with E-state index in [9.17, 15) is 19.2 Å². The highest BCUT2D eigenvalue weighted by molar-refractivity contribution is 6.18. The van der Waals surface area contributed by atoms with Gasteiger partial charge in [-0.1, -0.05) is 6.08 Å². The van der Waals surface area contributed by atoms with Crippen molar-refractivity contribution in [2.24, 2.45) is 11.8 Å². The second-order valence-electron chi connectivity index (χ2n) is 6.64. The van der Waals surface area contributed by atoms with Gasteiger partial charge in [-0.2, -0.15) is 0 Å². The van der Waals surface area contributed by atoms with E-state index in [1.165, 1.54) is 20.2 Å². The van der Waals surface area contributed by atoms with Crippen LogP contribution >= 0.6 is 0 Å². The molecule has 1 fully saturated rings. The summed E-state index contributed by atoms with van der Waals surface area (Å²) in [4.78, 5) is 53.4. The summed E-state index contributed by atoms with van der Waals surface area (Å²) < 4.78 is 5.15. The molecular weight excluding hydrogens is 350 g/mol. The summed E-state index contributed by atoms with van der Waals surface area (Å²) in [5.74, 6) is -3.04. The Labute approximate surface area is 157 Å². The van der Waals surface area contributed by atoms with E-state index in [-0.39, 0.29) is 5.78 Å². The fourth-order valence-corrected chi connectivity index (χ4v) is 3.56. The first kappa shape index (κ1) is 18.6. The Morgan fingerprint density at radius 3 is 2.04 bits per heavy atom. The van der Waals surface area contributed by atoms with Crippen LogP contribution in [-0.2, 0) is 14.4 Å². The van der Waals surface area contributed by atoms with Gasteiger partial charge in [-0.25, -0.2) is 4.79 Å². The summed E-state index contributed by atoms with van der Waals surface area (Å²) >= 11 is 0. The van der Waals surface area contributed by atoms with Crippen molar-refractivity contribution in [3.63, 3.8) is 0 Å². The molecule has 8 heteroatoms. The Morgan fingerprint density at radius 2 is 1.52 bits per heavy atom. The number of hydrogen-bond donors (Lipinski definition) is 0. The molecule has 1 aromatic rings. The Balaban J connectivity index is 1.93. The van der Waals surface area contributed by atoms with Crippen molar-refractivity contribution in [2.45, 2.75) is 6.04 Å². The van der Waals surface area contributed by atoms with E-state index < -0.39 is 35.7 Å². The number of rotatable bonds is 4. The van der Waals surface area contributed by atoms with Crippen LogP contribution in [0.3, 0.4) is 0 Å². The molecule has 1 aliphatic carbocycles. The van der Waals surface area contributed by atoms with E-state index in [1.807, 2.05) is 17.0 Å². The van der Waals surface area contributed by atoms with E-state index in [0.717, 1.165) is 15.5 Å². The van der Waals surface area contributed by atoms with Gasteiger partial charge in [0.05, 0.1) is 19.1 Å². The quantitative estimate of drug-likeness (QED) is 0.732. The number of ether oxygens (including phenoxy) is 1. The molecule has 0 aromatic heterocycles. The third kappa shape index (κ3) is 2.97. The van der Waals surface area contributed by atoms with Crippen LogP contribution in [0, 0.1) is 11.8 Å². The molecule has 2 atom stereocenters. The molecule has 0 spiro atoms. The maximum absolute atomic E-state index is 12.7. The molecule has 0 unspecified atom stereocenters. The number of nitrogens with zero attached hydrogens (tertiary/aromatic N) is 3. The number of likely N-dealkylation sites (N-methyl/N-ethyl adjacent to an activating group) is 1. The van der Waals surface area contributed by atoms with Crippen LogP contribution in [0.1, 0.15) is 0 Å². The van der Waals surface area contributed by atoms with Crippen molar-refractivity contribution in [2.75, 3.05) is 33.2 Å². The molecule has 1 aliphatic heterocycles. The van der Waals surface area contributed by atoms with Crippen molar-refractivity contribution in [3.8, 4) is 5.75 Å². The molecule has 0 bridgehead atoms. The van der Waals surface area contributed by atoms with Crippen molar-refractivity contribution < 1.29 is 23.9 Å². The van der Waals surface area contributed by atoms with Gasteiger partial charge in [-0.15, -0.1) is 0 Å². The normalized spacial score (nSPS) is 23.4. The van der Waals surface area contributed by atoms with Crippen LogP contribution in [-0.4, -0.2) is 67.7 Å². The number of hydrogen-bond acceptors (Lipinski definition) is 6. The molecule has 27 heavy (non-hydrogen) atoms. The molecule has 8 nitrogen and oxygen atoms in total. The second kappa shape index (κ2) is 6.86.